The van der Waals surface area contributed by atoms with Gasteiger partial charge >= 0.3 is 0 Å². The third-order valence-electron chi connectivity index (χ3n) is 2.12. The van der Waals surface area contributed by atoms with Crippen LogP contribution in [-0.2, 0) is 0 Å². The maximum atomic E-state index is 9.65. The van der Waals surface area contributed by atoms with Gasteiger partial charge in [-0.3, -0.25) is 0 Å². The van der Waals surface area contributed by atoms with Crippen LogP contribution >= 0.6 is 23.4 Å². The lowest BCUT2D eigenvalue weighted by Gasteiger charge is -1.98. The molecule has 0 aromatic heterocycles. The van der Waals surface area contributed by atoms with Crippen LogP contribution in [0.25, 0.3) is 6.08 Å². The van der Waals surface area contributed by atoms with Gasteiger partial charge in [-0.2, -0.15) is 0 Å². The van der Waals surface area contributed by atoms with Gasteiger partial charge in [0, 0.05) is 5.56 Å². The highest BCUT2D eigenvalue weighted by atomic mass is 35.5. The zero-order chi connectivity index (χ0) is 12.3. The summed E-state index contributed by atoms with van der Waals surface area (Å²) in [5.74, 6) is 1.10. The summed E-state index contributed by atoms with van der Waals surface area (Å²) in [5.41, 5.74) is 1.27. The first-order valence-corrected chi connectivity index (χ1v) is 6.53. The number of hydrogen-bond acceptors (Lipinski definition) is 4. The summed E-state index contributed by atoms with van der Waals surface area (Å²) >= 11 is 7.52. The second-order valence-electron chi connectivity index (χ2n) is 3.32. The summed E-state index contributed by atoms with van der Waals surface area (Å²) < 4.78 is 0. The quantitative estimate of drug-likeness (QED) is 0.891. The number of halogens is 1. The Balaban J connectivity index is 2.30. The van der Waals surface area contributed by atoms with E-state index in [2.05, 4.69) is 9.98 Å². The highest BCUT2D eigenvalue weighted by Gasteiger charge is 2.14. The number of allylic oxidation sites excluding steroid dienone is 1. The fraction of sp³-hybridized carbons (Fsp3) is 0.167. The summed E-state index contributed by atoms with van der Waals surface area (Å²) in [6.07, 6.45) is 1.73. The van der Waals surface area contributed by atoms with E-state index in [1.165, 1.54) is 11.8 Å². The van der Waals surface area contributed by atoms with Gasteiger partial charge in [0.2, 0.25) is 0 Å². The number of phenols is 1. The zero-order valence-corrected chi connectivity index (χ0v) is 10.8. The van der Waals surface area contributed by atoms with Crippen molar-refractivity contribution in [2.75, 3.05) is 5.75 Å². The lowest BCUT2D eigenvalue weighted by Crippen LogP contribution is -1.85. The number of thioether (sulfide) groups is 1. The minimum Gasteiger partial charge on any atom is -0.507 e. The molecule has 1 heterocycles. The molecule has 0 fully saturated rings. The minimum absolute atomic E-state index is 0.205. The van der Waals surface area contributed by atoms with Gasteiger partial charge in [0.15, 0.2) is 10.3 Å². The Morgan fingerprint density at radius 3 is 2.82 bits per heavy atom. The van der Waals surface area contributed by atoms with Crippen molar-refractivity contribution in [2.24, 2.45) is 9.98 Å². The number of benzene rings is 1. The van der Waals surface area contributed by atoms with Crippen LogP contribution in [0, 0.1) is 0 Å². The van der Waals surface area contributed by atoms with E-state index in [1.807, 2.05) is 13.0 Å². The molecule has 1 aliphatic heterocycles. The van der Waals surface area contributed by atoms with Crippen molar-refractivity contribution in [1.29, 1.82) is 0 Å². The molecule has 0 unspecified atom stereocenters. The molecule has 0 atom stereocenters. The van der Waals surface area contributed by atoms with E-state index in [4.69, 9.17) is 11.6 Å². The molecule has 0 saturated carbocycles. The summed E-state index contributed by atoms with van der Waals surface area (Å²) in [6, 6.07) is 7.03. The highest BCUT2D eigenvalue weighted by Crippen LogP contribution is 2.25. The third-order valence-corrected chi connectivity index (χ3v) is 3.13. The Labute approximate surface area is 109 Å². The summed E-state index contributed by atoms with van der Waals surface area (Å²) in [5, 5.41) is 10.7. The van der Waals surface area contributed by atoms with Crippen LogP contribution < -0.4 is 0 Å². The molecule has 88 valence electrons. The molecule has 3 nitrogen and oxygen atoms in total. The van der Waals surface area contributed by atoms with E-state index in [-0.39, 0.29) is 5.75 Å². The smallest absolute Gasteiger partial charge is 0.189 e. The van der Waals surface area contributed by atoms with Crippen LogP contribution in [0.5, 0.6) is 5.75 Å². The summed E-state index contributed by atoms with van der Waals surface area (Å²) in [4.78, 5) is 8.42. The average Bonchev–Trinajstić information content (AvgIpc) is 2.63. The van der Waals surface area contributed by atoms with Crippen molar-refractivity contribution in [2.45, 2.75) is 6.92 Å². The summed E-state index contributed by atoms with van der Waals surface area (Å²) in [7, 11) is 0. The van der Waals surface area contributed by atoms with Gasteiger partial charge in [-0.05, 0) is 17.9 Å². The predicted molar refractivity (Wildman–Crippen MR) is 74.9 cm³/mol. The fourth-order valence-electron chi connectivity index (χ4n) is 1.36. The van der Waals surface area contributed by atoms with Crippen molar-refractivity contribution < 1.29 is 5.11 Å². The van der Waals surface area contributed by atoms with Gasteiger partial charge in [0.25, 0.3) is 0 Å². The molecule has 1 aromatic carbocycles. The lowest BCUT2D eigenvalue weighted by molar-refractivity contribution is 0.474. The Bertz CT molecular complexity index is 523. The monoisotopic (exact) mass is 266 g/mol. The molecule has 0 spiro atoms. The van der Waals surface area contributed by atoms with Crippen molar-refractivity contribution in [3.63, 3.8) is 0 Å². The molecule has 0 radical (unpaired) electrons. The molecule has 0 aliphatic carbocycles. The van der Waals surface area contributed by atoms with Gasteiger partial charge in [-0.25, -0.2) is 9.98 Å². The molecule has 5 heteroatoms. The van der Waals surface area contributed by atoms with Crippen molar-refractivity contribution in [3.8, 4) is 5.75 Å². The maximum Gasteiger partial charge on any atom is 0.189 e. The van der Waals surface area contributed by atoms with Gasteiger partial charge < -0.3 is 5.11 Å². The van der Waals surface area contributed by atoms with Crippen molar-refractivity contribution >= 4 is 39.8 Å². The van der Waals surface area contributed by atoms with E-state index >= 15 is 0 Å². The van der Waals surface area contributed by atoms with Crippen molar-refractivity contribution in [1.82, 2.24) is 0 Å². The number of aliphatic imine (C=N–C) groups is 2. The largest absolute Gasteiger partial charge is 0.507 e. The van der Waals surface area contributed by atoms with Crippen molar-refractivity contribution in [3.05, 3.63) is 35.5 Å². The third kappa shape index (κ3) is 2.90. The highest BCUT2D eigenvalue weighted by molar-refractivity contribution is 8.13. The van der Waals surface area contributed by atoms with E-state index in [0.29, 0.717) is 21.6 Å². The average molecular weight is 267 g/mol. The van der Waals surface area contributed by atoms with Gasteiger partial charge in [0.1, 0.15) is 11.4 Å². The number of hydrogen-bond donors (Lipinski definition) is 1. The minimum atomic E-state index is 0.205. The molecule has 2 rings (SSSR count). The SMILES string of the molecule is CCSC1=N/C(=C\c2ccccc2O)C(Cl)=N1. The number of amidine groups is 1. The first-order valence-electron chi connectivity index (χ1n) is 5.16. The molecular weight excluding hydrogens is 256 g/mol. The van der Waals surface area contributed by atoms with Crippen LogP contribution in [0.1, 0.15) is 12.5 Å². The second kappa shape index (κ2) is 5.38. The van der Waals surface area contributed by atoms with Crippen LogP contribution in [-0.4, -0.2) is 21.2 Å². The van der Waals surface area contributed by atoms with Crippen LogP contribution in [0.4, 0.5) is 0 Å². The van der Waals surface area contributed by atoms with Gasteiger partial charge in [-0.15, -0.1) is 0 Å². The standard InChI is InChI=1S/C12H11ClN2OS/c1-2-17-12-14-9(11(13)15-12)7-8-5-3-4-6-10(8)16/h3-7,16H,2H2,1H3/b9-7-. The van der Waals surface area contributed by atoms with Gasteiger partial charge in [-0.1, -0.05) is 48.5 Å². The number of rotatable bonds is 2. The number of para-hydroxylation sites is 1. The maximum absolute atomic E-state index is 9.65. The molecule has 0 bridgehead atoms. The Kier molecular flexibility index (Phi) is 3.86. The van der Waals surface area contributed by atoms with Crippen LogP contribution in [0.2, 0.25) is 0 Å². The topological polar surface area (TPSA) is 45.0 Å². The normalized spacial score (nSPS) is 17.2. The molecular formula is C12H11ClN2OS. The Morgan fingerprint density at radius 2 is 2.12 bits per heavy atom. The summed E-state index contributed by atoms with van der Waals surface area (Å²) in [6.45, 7) is 2.03. The molecule has 1 N–H and O–H groups in total. The molecule has 1 aliphatic rings. The van der Waals surface area contributed by atoms with E-state index < -0.39 is 0 Å². The molecule has 1 aromatic rings. The first kappa shape index (κ1) is 12.2. The molecule has 0 amide bonds. The van der Waals surface area contributed by atoms with E-state index in [0.717, 1.165) is 5.75 Å². The van der Waals surface area contributed by atoms with Gasteiger partial charge in [0.05, 0.1) is 0 Å². The molecule has 0 saturated heterocycles. The zero-order valence-electron chi connectivity index (χ0n) is 9.22. The number of phenolic OH excluding ortho intramolecular Hbond substituents is 1. The van der Waals surface area contributed by atoms with Crippen LogP contribution in [0.3, 0.4) is 0 Å². The Morgan fingerprint density at radius 1 is 1.35 bits per heavy atom. The van der Waals surface area contributed by atoms with Crippen LogP contribution in [0.15, 0.2) is 39.9 Å². The predicted octanol–water partition coefficient (Wildman–Crippen LogP) is 3.49. The Hall–Kier alpha value is -1.26. The first-order chi connectivity index (χ1) is 8.20. The van der Waals surface area contributed by atoms with E-state index in [9.17, 15) is 5.11 Å². The number of nitrogens with zero attached hydrogens (tertiary/aromatic N) is 2. The number of aromatic hydroxyl groups is 1. The lowest BCUT2D eigenvalue weighted by atomic mass is 10.2. The van der Waals surface area contributed by atoms with E-state index in [1.54, 1.807) is 24.3 Å². The molecule has 17 heavy (non-hydrogen) atoms. The second-order valence-corrected chi connectivity index (χ2v) is 4.91. The fourth-order valence-corrected chi connectivity index (χ4v) is 2.16.